The fourth-order valence-electron chi connectivity index (χ4n) is 4.34. The average Bonchev–Trinajstić information content (AvgIpc) is 2.59. The molecular weight excluding hydrogens is 266 g/mol. The summed E-state index contributed by atoms with van der Waals surface area (Å²) in [4.78, 5) is 0. The molecule has 2 aromatic rings. The van der Waals surface area contributed by atoms with Gasteiger partial charge in [-0.1, -0.05) is 66.8 Å². The number of hydrogen-bond donors (Lipinski definition) is 1. The van der Waals surface area contributed by atoms with Crippen molar-refractivity contribution >= 4 is 16.3 Å². The molecular formula is C21H17N. The molecule has 5 rings (SSSR count). The van der Waals surface area contributed by atoms with E-state index < -0.39 is 0 Å². The zero-order chi connectivity index (χ0) is 14.7. The molecule has 0 heterocycles. The van der Waals surface area contributed by atoms with Crippen molar-refractivity contribution in [3.05, 3.63) is 89.1 Å². The second-order valence-corrected chi connectivity index (χ2v) is 6.28. The topological polar surface area (TPSA) is 26.0 Å². The predicted octanol–water partition coefficient (Wildman–Crippen LogP) is 4.46. The molecule has 2 atom stereocenters. The van der Waals surface area contributed by atoms with Crippen molar-refractivity contribution in [3.63, 3.8) is 0 Å². The number of benzene rings is 2. The van der Waals surface area contributed by atoms with Crippen LogP contribution in [0.4, 0.5) is 0 Å². The van der Waals surface area contributed by atoms with Crippen molar-refractivity contribution < 1.29 is 0 Å². The maximum Gasteiger partial charge on any atom is 0.0199 e. The lowest BCUT2D eigenvalue weighted by atomic mass is 9.65. The van der Waals surface area contributed by atoms with Crippen molar-refractivity contribution in [1.82, 2.24) is 0 Å². The highest BCUT2D eigenvalue weighted by molar-refractivity contribution is 6.02. The van der Waals surface area contributed by atoms with Crippen LogP contribution in [-0.2, 0) is 6.54 Å². The first-order valence-corrected chi connectivity index (χ1v) is 7.90. The Balaban J connectivity index is 1.94. The molecule has 0 fully saturated rings. The third kappa shape index (κ3) is 1.42. The quantitative estimate of drug-likeness (QED) is 0.821. The molecule has 22 heavy (non-hydrogen) atoms. The van der Waals surface area contributed by atoms with Crippen LogP contribution < -0.4 is 5.73 Å². The summed E-state index contributed by atoms with van der Waals surface area (Å²) in [6.07, 6.45) is 13.5. The van der Waals surface area contributed by atoms with E-state index in [0.717, 1.165) is 0 Å². The van der Waals surface area contributed by atoms with Gasteiger partial charge >= 0.3 is 0 Å². The summed E-state index contributed by atoms with van der Waals surface area (Å²) >= 11 is 0. The molecule has 1 heteroatoms. The lowest BCUT2D eigenvalue weighted by molar-refractivity contribution is 0.683. The highest BCUT2D eigenvalue weighted by Gasteiger charge is 2.36. The van der Waals surface area contributed by atoms with E-state index >= 15 is 0 Å². The monoisotopic (exact) mass is 283 g/mol. The molecule has 2 N–H and O–H groups in total. The molecule has 2 unspecified atom stereocenters. The first-order valence-electron chi connectivity index (χ1n) is 7.90. The summed E-state index contributed by atoms with van der Waals surface area (Å²) in [6.45, 7) is 0.592. The van der Waals surface area contributed by atoms with E-state index in [1.54, 1.807) is 0 Å². The number of nitrogens with two attached hydrogens (primary N) is 1. The Labute approximate surface area is 130 Å². The molecule has 3 aliphatic rings. The Bertz CT molecular complexity index is 924. The molecule has 2 aromatic carbocycles. The van der Waals surface area contributed by atoms with E-state index in [4.69, 9.17) is 5.73 Å². The molecule has 0 spiro atoms. The maximum atomic E-state index is 5.96. The van der Waals surface area contributed by atoms with Crippen LogP contribution in [0.1, 0.15) is 22.6 Å². The van der Waals surface area contributed by atoms with E-state index in [9.17, 15) is 0 Å². The zero-order valence-corrected chi connectivity index (χ0v) is 12.3. The van der Waals surface area contributed by atoms with Crippen LogP contribution in [0, 0.1) is 5.92 Å². The summed E-state index contributed by atoms with van der Waals surface area (Å²) in [7, 11) is 0. The Morgan fingerprint density at radius 2 is 1.95 bits per heavy atom. The molecule has 1 nitrogen and oxygen atoms in total. The van der Waals surface area contributed by atoms with Crippen molar-refractivity contribution in [2.45, 2.75) is 12.5 Å². The van der Waals surface area contributed by atoms with Crippen LogP contribution in [0.3, 0.4) is 0 Å². The molecule has 0 aromatic heterocycles. The molecule has 0 saturated carbocycles. The summed E-state index contributed by atoms with van der Waals surface area (Å²) in [5.74, 6) is 0.914. The van der Waals surface area contributed by atoms with Gasteiger partial charge < -0.3 is 5.73 Å². The Kier molecular flexibility index (Phi) is 2.39. The zero-order valence-electron chi connectivity index (χ0n) is 12.3. The standard InChI is InChI=1S/C21H17N/c22-12-14-10-11-19-17-8-2-5-13-4-1-7-16(20(13)17)18-9-3-6-15(14)21(18)19/h1-11,17,20H,12,22H2. The van der Waals surface area contributed by atoms with Crippen molar-refractivity contribution in [3.8, 4) is 0 Å². The van der Waals surface area contributed by atoms with Crippen LogP contribution in [0.2, 0.25) is 0 Å². The van der Waals surface area contributed by atoms with Gasteiger partial charge in [0, 0.05) is 18.4 Å². The molecule has 0 amide bonds. The van der Waals surface area contributed by atoms with Gasteiger partial charge in [-0.2, -0.15) is 0 Å². The SMILES string of the molecule is NCc1ccc2c3c(cccc13)C1=CC=CC3=CC=CC2C31. The third-order valence-electron chi connectivity index (χ3n) is 5.28. The second kappa shape index (κ2) is 4.31. The van der Waals surface area contributed by atoms with Crippen LogP contribution in [0.15, 0.2) is 72.4 Å². The van der Waals surface area contributed by atoms with E-state index in [1.165, 1.54) is 38.6 Å². The van der Waals surface area contributed by atoms with Gasteiger partial charge in [-0.25, -0.2) is 0 Å². The molecule has 0 aliphatic heterocycles. The minimum atomic E-state index is 0.445. The average molecular weight is 283 g/mol. The van der Waals surface area contributed by atoms with Gasteiger partial charge in [0.1, 0.15) is 0 Å². The molecule has 3 aliphatic carbocycles. The predicted molar refractivity (Wildman–Crippen MR) is 92.4 cm³/mol. The van der Waals surface area contributed by atoms with E-state index in [2.05, 4.69) is 66.8 Å². The Morgan fingerprint density at radius 1 is 1.00 bits per heavy atom. The fraction of sp³-hybridized carbons (Fsp3) is 0.143. The fourth-order valence-corrected chi connectivity index (χ4v) is 4.34. The summed E-state index contributed by atoms with van der Waals surface area (Å²) in [5.41, 5.74) is 12.9. The van der Waals surface area contributed by atoms with E-state index in [0.29, 0.717) is 18.4 Å². The summed E-state index contributed by atoms with van der Waals surface area (Å²) in [5, 5.41) is 2.72. The minimum absolute atomic E-state index is 0.445. The number of rotatable bonds is 1. The van der Waals surface area contributed by atoms with Crippen molar-refractivity contribution in [2.75, 3.05) is 0 Å². The van der Waals surface area contributed by atoms with Gasteiger partial charge in [0.05, 0.1) is 0 Å². The largest absolute Gasteiger partial charge is 0.326 e. The number of allylic oxidation sites excluding steroid dienone is 8. The van der Waals surface area contributed by atoms with Gasteiger partial charge in [-0.3, -0.25) is 0 Å². The van der Waals surface area contributed by atoms with E-state index in [1.807, 2.05) is 0 Å². The van der Waals surface area contributed by atoms with Crippen LogP contribution in [0.5, 0.6) is 0 Å². The minimum Gasteiger partial charge on any atom is -0.326 e. The second-order valence-electron chi connectivity index (χ2n) is 6.28. The summed E-state index contributed by atoms with van der Waals surface area (Å²) in [6, 6.07) is 11.2. The smallest absolute Gasteiger partial charge is 0.0199 e. The third-order valence-corrected chi connectivity index (χ3v) is 5.28. The van der Waals surface area contributed by atoms with Crippen LogP contribution in [0.25, 0.3) is 16.3 Å². The molecule has 0 bridgehead atoms. The van der Waals surface area contributed by atoms with Crippen LogP contribution >= 0.6 is 0 Å². The van der Waals surface area contributed by atoms with Gasteiger partial charge in [0.15, 0.2) is 0 Å². The van der Waals surface area contributed by atoms with Crippen molar-refractivity contribution in [1.29, 1.82) is 0 Å². The molecule has 0 saturated heterocycles. The van der Waals surface area contributed by atoms with Crippen molar-refractivity contribution in [2.24, 2.45) is 11.7 Å². The number of hydrogen-bond acceptors (Lipinski definition) is 1. The maximum absolute atomic E-state index is 5.96. The van der Waals surface area contributed by atoms with Gasteiger partial charge in [-0.05, 0) is 38.6 Å². The summed E-state index contributed by atoms with van der Waals surface area (Å²) < 4.78 is 0. The Morgan fingerprint density at radius 3 is 2.86 bits per heavy atom. The first kappa shape index (κ1) is 12.2. The lowest BCUT2D eigenvalue weighted by Crippen LogP contribution is -2.23. The number of fused-ring (bicyclic) bond motifs is 2. The highest BCUT2D eigenvalue weighted by Crippen LogP contribution is 2.52. The van der Waals surface area contributed by atoms with Gasteiger partial charge in [0.25, 0.3) is 0 Å². The highest BCUT2D eigenvalue weighted by atomic mass is 14.5. The van der Waals surface area contributed by atoms with E-state index in [-0.39, 0.29) is 0 Å². The normalized spacial score (nSPS) is 24.0. The lowest BCUT2D eigenvalue weighted by Gasteiger charge is -2.38. The van der Waals surface area contributed by atoms with Gasteiger partial charge in [-0.15, -0.1) is 0 Å². The molecule has 0 radical (unpaired) electrons. The van der Waals surface area contributed by atoms with Crippen LogP contribution in [-0.4, -0.2) is 0 Å². The van der Waals surface area contributed by atoms with Gasteiger partial charge in [0.2, 0.25) is 0 Å². The first-order chi connectivity index (χ1) is 10.9. The molecule has 106 valence electrons. The Hall–Kier alpha value is -2.38.